The van der Waals surface area contributed by atoms with Gasteiger partial charge in [-0.1, -0.05) is 78.9 Å². The van der Waals surface area contributed by atoms with Crippen LogP contribution in [0.1, 0.15) is 91.0 Å². The summed E-state index contributed by atoms with van der Waals surface area (Å²) in [7, 11) is 0. The van der Waals surface area contributed by atoms with E-state index in [0.717, 1.165) is 45.6 Å². The summed E-state index contributed by atoms with van der Waals surface area (Å²) in [5, 5.41) is 6.23. The van der Waals surface area contributed by atoms with E-state index in [1.54, 1.807) is 4.90 Å². The lowest BCUT2D eigenvalue weighted by Crippen LogP contribution is -2.57. The van der Waals surface area contributed by atoms with Crippen molar-refractivity contribution in [3.05, 3.63) is 107 Å². The highest BCUT2D eigenvalue weighted by atomic mass is 16.5. The first-order valence-electron chi connectivity index (χ1n) is 19.1. The van der Waals surface area contributed by atoms with E-state index in [-0.39, 0.29) is 48.1 Å². The van der Waals surface area contributed by atoms with Crippen LogP contribution < -0.4 is 10.6 Å². The van der Waals surface area contributed by atoms with Crippen molar-refractivity contribution in [1.29, 1.82) is 0 Å². The Hall–Kier alpha value is -4.46. The van der Waals surface area contributed by atoms with Gasteiger partial charge in [0.2, 0.25) is 17.7 Å². The molecule has 3 atom stereocenters. The lowest BCUT2D eigenvalue weighted by molar-refractivity contribution is -0.149. The monoisotopic (exact) mass is 685 g/mol. The van der Waals surface area contributed by atoms with Crippen molar-refractivity contribution in [3.63, 3.8) is 0 Å². The standard InChI is InChI=1S/C43H47N3O5/c47-35(51-24-26-9-2-1-3-10-26)23-44-40(48)34-15-8-16-46(34)42(50)39-37-32-13-6-4-11-30(32)36(31-12-5-7-14-33(31)37)38(39)41(49)45-25-43-20-27-17-28(21-43)19-29(18-27)22-43/h1-7,9-14,27-29,34,36-39H,8,15-25H2,(H,44,48)(H,45,49)/t27?,28?,29?,34-,36?,37?,38-,39+,43?/m1/s1. The zero-order chi connectivity index (χ0) is 34.7. The first kappa shape index (κ1) is 32.4. The number of ether oxygens (including phenoxy) is 1. The number of carbonyl (C=O) groups is 4. The molecular weight excluding hydrogens is 638 g/mol. The van der Waals surface area contributed by atoms with Gasteiger partial charge < -0.3 is 20.3 Å². The Morgan fingerprint density at radius 1 is 0.686 bits per heavy atom. The predicted octanol–water partition coefficient (Wildman–Crippen LogP) is 5.69. The van der Waals surface area contributed by atoms with Gasteiger partial charge in [0.05, 0.1) is 11.8 Å². The van der Waals surface area contributed by atoms with Crippen LogP contribution >= 0.6 is 0 Å². The number of likely N-dealkylation sites (tertiary alicyclic amines) is 1. The van der Waals surface area contributed by atoms with Crippen molar-refractivity contribution in [2.75, 3.05) is 19.6 Å². The Labute approximate surface area is 299 Å². The van der Waals surface area contributed by atoms with Crippen LogP contribution in [0.2, 0.25) is 0 Å². The second kappa shape index (κ2) is 12.9. The fourth-order valence-electron chi connectivity index (χ4n) is 11.7. The third kappa shape index (κ3) is 5.75. The molecule has 0 unspecified atom stereocenters. The second-order valence-electron chi connectivity index (χ2n) is 16.5. The van der Waals surface area contributed by atoms with Crippen LogP contribution in [-0.2, 0) is 30.5 Å². The molecule has 4 saturated carbocycles. The highest BCUT2D eigenvalue weighted by Crippen LogP contribution is 2.61. The summed E-state index contributed by atoms with van der Waals surface area (Å²) in [6.07, 6.45) is 8.85. The second-order valence-corrected chi connectivity index (χ2v) is 16.5. The summed E-state index contributed by atoms with van der Waals surface area (Å²) >= 11 is 0. The van der Waals surface area contributed by atoms with Crippen LogP contribution in [0.4, 0.5) is 0 Å². The van der Waals surface area contributed by atoms with Crippen molar-refractivity contribution < 1.29 is 23.9 Å². The molecule has 0 spiro atoms. The van der Waals surface area contributed by atoms with Gasteiger partial charge in [-0.3, -0.25) is 19.2 Å². The minimum Gasteiger partial charge on any atom is -0.460 e. The lowest BCUT2D eigenvalue weighted by atomic mass is 9.49. The van der Waals surface area contributed by atoms with Crippen LogP contribution in [0.5, 0.6) is 0 Å². The van der Waals surface area contributed by atoms with Crippen molar-refractivity contribution in [2.45, 2.75) is 75.9 Å². The highest BCUT2D eigenvalue weighted by Gasteiger charge is 2.57. The molecule has 264 valence electrons. The first-order valence-corrected chi connectivity index (χ1v) is 19.1. The molecule has 1 saturated heterocycles. The Morgan fingerprint density at radius 2 is 1.24 bits per heavy atom. The number of benzene rings is 3. The minimum atomic E-state index is -0.707. The van der Waals surface area contributed by atoms with Crippen LogP contribution in [0.25, 0.3) is 0 Å². The Bertz CT molecular complexity index is 1770. The maximum absolute atomic E-state index is 15.0. The third-order valence-electron chi connectivity index (χ3n) is 13.3. The average Bonchev–Trinajstić information content (AvgIpc) is 3.65. The molecule has 7 aliphatic carbocycles. The van der Waals surface area contributed by atoms with E-state index in [9.17, 15) is 14.4 Å². The fraction of sp³-hybridized carbons (Fsp3) is 0.488. The van der Waals surface area contributed by atoms with Gasteiger partial charge in [-0.2, -0.15) is 0 Å². The maximum Gasteiger partial charge on any atom is 0.325 e. The van der Waals surface area contributed by atoms with E-state index in [1.807, 2.05) is 54.6 Å². The molecule has 6 bridgehead atoms. The van der Waals surface area contributed by atoms with E-state index in [2.05, 4.69) is 34.9 Å². The van der Waals surface area contributed by atoms with Crippen molar-refractivity contribution >= 4 is 23.7 Å². The van der Waals surface area contributed by atoms with Gasteiger partial charge in [0.1, 0.15) is 19.2 Å². The van der Waals surface area contributed by atoms with Crippen LogP contribution in [-0.4, -0.2) is 54.3 Å². The number of amides is 3. The van der Waals surface area contributed by atoms with Crippen LogP contribution in [0, 0.1) is 35.0 Å². The normalized spacial score (nSPS) is 32.2. The molecule has 8 aliphatic rings. The van der Waals surface area contributed by atoms with Crippen molar-refractivity contribution in [3.8, 4) is 0 Å². The average molecular weight is 686 g/mol. The zero-order valence-corrected chi connectivity index (χ0v) is 29.1. The maximum atomic E-state index is 15.0. The van der Waals surface area contributed by atoms with Gasteiger partial charge in [-0.25, -0.2) is 0 Å². The summed E-state index contributed by atoms with van der Waals surface area (Å²) in [4.78, 5) is 57.7. The molecule has 0 aromatic heterocycles. The molecule has 8 nitrogen and oxygen atoms in total. The quantitative estimate of drug-likeness (QED) is 0.282. The summed E-state index contributed by atoms with van der Waals surface area (Å²) in [6.45, 7) is 0.980. The van der Waals surface area contributed by atoms with Gasteiger partial charge in [0.25, 0.3) is 0 Å². The molecule has 11 rings (SSSR count). The van der Waals surface area contributed by atoms with E-state index in [1.165, 1.54) is 38.5 Å². The van der Waals surface area contributed by atoms with E-state index in [0.29, 0.717) is 25.9 Å². The molecule has 0 radical (unpaired) electrons. The molecule has 3 amide bonds. The van der Waals surface area contributed by atoms with Gasteiger partial charge in [0, 0.05) is 24.9 Å². The van der Waals surface area contributed by atoms with Crippen molar-refractivity contribution in [2.24, 2.45) is 35.0 Å². The smallest absolute Gasteiger partial charge is 0.325 e. The van der Waals surface area contributed by atoms with Crippen LogP contribution in [0.3, 0.4) is 0 Å². The molecule has 2 N–H and O–H groups in total. The lowest BCUT2D eigenvalue weighted by Gasteiger charge is -2.57. The van der Waals surface area contributed by atoms with E-state index < -0.39 is 23.8 Å². The van der Waals surface area contributed by atoms with Crippen LogP contribution in [0.15, 0.2) is 78.9 Å². The predicted molar refractivity (Wildman–Crippen MR) is 191 cm³/mol. The van der Waals surface area contributed by atoms with Crippen molar-refractivity contribution in [1.82, 2.24) is 15.5 Å². The molecule has 8 heteroatoms. The number of nitrogens with zero attached hydrogens (tertiary/aromatic N) is 1. The Balaban J connectivity index is 0.971. The van der Waals surface area contributed by atoms with E-state index >= 15 is 4.79 Å². The van der Waals surface area contributed by atoms with Gasteiger partial charge >= 0.3 is 5.97 Å². The number of hydrogen-bond donors (Lipinski definition) is 2. The SMILES string of the molecule is O=C(CNC(=O)[C@H]1CCCN1C(=O)[C@H]1C2c3ccccc3C(c3ccccc32)[C@H]1C(=O)NCC12CC3CC(CC(C3)C1)C2)OCc1ccccc1. The largest absolute Gasteiger partial charge is 0.460 e. The Morgan fingerprint density at radius 3 is 1.82 bits per heavy atom. The Kier molecular flexibility index (Phi) is 8.24. The number of hydrogen-bond acceptors (Lipinski definition) is 5. The molecule has 3 aromatic carbocycles. The fourth-order valence-corrected chi connectivity index (χ4v) is 11.7. The minimum absolute atomic E-state index is 0.0375. The highest BCUT2D eigenvalue weighted by molar-refractivity contribution is 5.95. The third-order valence-corrected chi connectivity index (χ3v) is 13.3. The van der Waals surface area contributed by atoms with Gasteiger partial charge in [-0.15, -0.1) is 0 Å². The number of carbonyl (C=O) groups excluding carboxylic acids is 4. The number of fused-ring (bicyclic) bond motifs is 1. The molecule has 5 fully saturated rings. The number of nitrogens with one attached hydrogen (secondary N) is 2. The summed E-state index contributed by atoms with van der Waals surface area (Å²) in [6, 6.07) is 25.3. The number of esters is 1. The summed E-state index contributed by atoms with van der Waals surface area (Å²) < 4.78 is 5.37. The van der Waals surface area contributed by atoms with Gasteiger partial charge in [-0.05, 0) is 102 Å². The molecule has 3 aromatic rings. The topological polar surface area (TPSA) is 105 Å². The zero-order valence-electron chi connectivity index (χ0n) is 29.1. The summed E-state index contributed by atoms with van der Waals surface area (Å²) in [5.41, 5.74) is 5.51. The number of rotatable bonds is 9. The van der Waals surface area contributed by atoms with Gasteiger partial charge in [0.15, 0.2) is 0 Å². The summed E-state index contributed by atoms with van der Waals surface area (Å²) in [5.74, 6) is -0.470. The molecule has 1 aliphatic heterocycles. The molecular formula is C43H47N3O5. The molecule has 1 heterocycles. The first-order chi connectivity index (χ1) is 24.9. The van der Waals surface area contributed by atoms with E-state index in [4.69, 9.17) is 4.74 Å². The molecule has 51 heavy (non-hydrogen) atoms.